The molecule has 5 nitrogen and oxygen atoms in total. The molecule has 0 aliphatic rings. The van der Waals surface area contributed by atoms with Gasteiger partial charge >= 0.3 is 0 Å². The third-order valence-electron chi connectivity index (χ3n) is 4.33. The predicted molar refractivity (Wildman–Crippen MR) is 124 cm³/mol. The summed E-state index contributed by atoms with van der Waals surface area (Å²) in [6.07, 6.45) is 1.59. The van der Waals surface area contributed by atoms with Crippen LogP contribution < -0.4 is 10.2 Å². The van der Waals surface area contributed by atoms with E-state index in [1.54, 1.807) is 36.4 Å². The highest BCUT2D eigenvalue weighted by molar-refractivity contribution is 8.00. The summed E-state index contributed by atoms with van der Waals surface area (Å²) in [5.74, 6) is 1.29. The van der Waals surface area contributed by atoms with Crippen molar-refractivity contribution < 1.29 is 9.53 Å². The lowest BCUT2D eigenvalue weighted by Crippen LogP contribution is -2.17. The van der Waals surface area contributed by atoms with E-state index in [1.807, 2.05) is 66.7 Å². The summed E-state index contributed by atoms with van der Waals surface area (Å²) < 4.78 is 7.41. The smallest absolute Gasteiger partial charge is 0.271 e. The number of hydrogen-bond acceptors (Lipinski definition) is 6. The number of hydrazone groups is 1. The number of amides is 1. The third-order valence-corrected chi connectivity index (χ3v) is 6.58. The summed E-state index contributed by atoms with van der Waals surface area (Å²) in [6, 6.07) is 23.1. The van der Waals surface area contributed by atoms with Gasteiger partial charge in [-0.1, -0.05) is 48.2 Å². The van der Waals surface area contributed by atoms with Crippen molar-refractivity contribution in [1.82, 2.24) is 10.4 Å². The van der Waals surface area contributed by atoms with E-state index in [4.69, 9.17) is 4.74 Å². The second-order valence-corrected chi connectivity index (χ2v) is 8.66. The molecule has 0 aliphatic carbocycles. The zero-order valence-electron chi connectivity index (χ0n) is 16.2. The van der Waals surface area contributed by atoms with Gasteiger partial charge in [0.1, 0.15) is 5.75 Å². The quantitative estimate of drug-likeness (QED) is 0.242. The van der Waals surface area contributed by atoms with Crippen LogP contribution in [0.1, 0.15) is 21.5 Å². The molecule has 0 aliphatic heterocycles. The molecule has 7 heteroatoms. The minimum atomic E-state index is -0.250. The molecule has 0 saturated carbocycles. The summed E-state index contributed by atoms with van der Waals surface area (Å²) in [4.78, 5) is 16.9. The van der Waals surface area contributed by atoms with E-state index in [0.29, 0.717) is 5.56 Å². The predicted octanol–water partition coefficient (Wildman–Crippen LogP) is 5.36. The lowest BCUT2D eigenvalue weighted by atomic mass is 10.1. The maximum Gasteiger partial charge on any atom is 0.271 e. The second kappa shape index (κ2) is 9.56. The van der Waals surface area contributed by atoms with E-state index in [9.17, 15) is 4.79 Å². The highest BCUT2D eigenvalue weighted by atomic mass is 32.2. The highest BCUT2D eigenvalue weighted by Gasteiger charge is 2.07. The normalized spacial score (nSPS) is 11.1. The van der Waals surface area contributed by atoms with E-state index >= 15 is 0 Å². The average Bonchev–Trinajstić information content (AvgIpc) is 3.21. The van der Waals surface area contributed by atoms with Crippen LogP contribution in [0.5, 0.6) is 5.75 Å². The van der Waals surface area contributed by atoms with Gasteiger partial charge in [-0.15, -0.1) is 11.3 Å². The molecule has 1 N–H and O–H groups in total. The van der Waals surface area contributed by atoms with Crippen LogP contribution in [0, 0.1) is 0 Å². The van der Waals surface area contributed by atoms with Gasteiger partial charge in [-0.2, -0.15) is 5.10 Å². The number of aromatic nitrogens is 1. The minimum absolute atomic E-state index is 0.250. The first-order chi connectivity index (χ1) is 14.7. The molecule has 0 unspecified atom stereocenters. The summed E-state index contributed by atoms with van der Waals surface area (Å²) in [6.45, 7) is 0. The number of nitrogens with zero attached hydrogens (tertiary/aromatic N) is 2. The molecule has 4 rings (SSSR count). The SMILES string of the molecule is COc1cccc(C=NNC(=O)c2ccc(CSc3nc4ccccc4s3)cc2)c1. The molecule has 1 aromatic heterocycles. The van der Waals surface area contributed by atoms with Crippen LogP contribution in [-0.2, 0) is 5.75 Å². The highest BCUT2D eigenvalue weighted by Crippen LogP contribution is 2.31. The molecular weight excluding hydrogens is 414 g/mol. The monoisotopic (exact) mass is 433 g/mol. The number of carbonyl (C=O) groups is 1. The molecule has 1 heterocycles. The molecule has 0 fully saturated rings. The lowest BCUT2D eigenvalue weighted by Gasteiger charge is -2.03. The number of thiazole rings is 1. The largest absolute Gasteiger partial charge is 0.497 e. The maximum atomic E-state index is 12.3. The molecule has 0 atom stereocenters. The number of hydrogen-bond donors (Lipinski definition) is 1. The zero-order valence-corrected chi connectivity index (χ0v) is 17.9. The molecule has 3 aromatic carbocycles. The zero-order chi connectivity index (χ0) is 20.8. The van der Waals surface area contributed by atoms with Crippen molar-refractivity contribution in [3.63, 3.8) is 0 Å². The first-order valence-electron chi connectivity index (χ1n) is 9.26. The van der Waals surface area contributed by atoms with E-state index in [0.717, 1.165) is 32.5 Å². The Morgan fingerprint density at radius 3 is 2.77 bits per heavy atom. The molecule has 1 amide bonds. The van der Waals surface area contributed by atoms with Crippen LogP contribution in [0.2, 0.25) is 0 Å². The number of rotatable bonds is 7. The van der Waals surface area contributed by atoms with E-state index in [1.165, 1.54) is 4.70 Å². The van der Waals surface area contributed by atoms with Crippen LogP contribution in [0.15, 0.2) is 82.2 Å². The van der Waals surface area contributed by atoms with Crippen molar-refractivity contribution in [3.05, 3.63) is 89.5 Å². The Morgan fingerprint density at radius 2 is 1.97 bits per heavy atom. The summed E-state index contributed by atoms with van der Waals surface area (Å²) >= 11 is 3.40. The summed E-state index contributed by atoms with van der Waals surface area (Å²) in [7, 11) is 1.61. The third kappa shape index (κ3) is 5.06. The first kappa shape index (κ1) is 20.1. The molecule has 0 spiro atoms. The molecule has 30 heavy (non-hydrogen) atoms. The number of nitrogens with one attached hydrogen (secondary N) is 1. The Hall–Kier alpha value is -3.16. The van der Waals surface area contributed by atoms with Gasteiger partial charge < -0.3 is 4.74 Å². The molecular formula is C23H19N3O2S2. The Morgan fingerprint density at radius 1 is 1.13 bits per heavy atom. The fourth-order valence-corrected chi connectivity index (χ4v) is 4.79. The molecule has 0 saturated heterocycles. The number of carbonyl (C=O) groups excluding carboxylic acids is 1. The van der Waals surface area contributed by atoms with Gasteiger partial charge in [0.25, 0.3) is 5.91 Å². The average molecular weight is 434 g/mol. The van der Waals surface area contributed by atoms with Crippen LogP contribution in [0.4, 0.5) is 0 Å². The number of para-hydroxylation sites is 1. The van der Waals surface area contributed by atoms with Crippen LogP contribution >= 0.6 is 23.1 Å². The van der Waals surface area contributed by atoms with Crippen molar-refractivity contribution in [2.24, 2.45) is 5.10 Å². The molecule has 0 radical (unpaired) electrons. The summed E-state index contributed by atoms with van der Waals surface area (Å²) in [5, 5.41) is 4.02. The van der Waals surface area contributed by atoms with Crippen molar-refractivity contribution in [1.29, 1.82) is 0 Å². The van der Waals surface area contributed by atoms with Crippen molar-refractivity contribution in [3.8, 4) is 5.75 Å². The van der Waals surface area contributed by atoms with Crippen molar-refractivity contribution >= 4 is 45.4 Å². The Bertz CT molecular complexity index is 1150. The minimum Gasteiger partial charge on any atom is -0.497 e. The fourth-order valence-electron chi connectivity index (χ4n) is 2.76. The van der Waals surface area contributed by atoms with Gasteiger partial charge in [-0.3, -0.25) is 4.79 Å². The topological polar surface area (TPSA) is 63.6 Å². The summed E-state index contributed by atoms with van der Waals surface area (Å²) in [5.41, 5.74) is 6.13. The lowest BCUT2D eigenvalue weighted by molar-refractivity contribution is 0.0955. The Kier molecular flexibility index (Phi) is 6.41. The van der Waals surface area contributed by atoms with Crippen molar-refractivity contribution in [2.75, 3.05) is 7.11 Å². The number of ether oxygens (including phenoxy) is 1. The van der Waals surface area contributed by atoms with E-state index < -0.39 is 0 Å². The molecule has 4 aromatic rings. The molecule has 150 valence electrons. The van der Waals surface area contributed by atoms with Gasteiger partial charge in [-0.05, 0) is 47.5 Å². The first-order valence-corrected chi connectivity index (χ1v) is 11.1. The fraction of sp³-hybridized carbons (Fsp3) is 0.0870. The van der Waals surface area contributed by atoms with Crippen molar-refractivity contribution in [2.45, 2.75) is 10.1 Å². The van der Waals surface area contributed by atoms with Gasteiger partial charge in [0.05, 0.1) is 23.5 Å². The number of methoxy groups -OCH3 is 1. The van der Waals surface area contributed by atoms with Crippen LogP contribution in [0.25, 0.3) is 10.2 Å². The van der Waals surface area contributed by atoms with Gasteiger partial charge in [0.2, 0.25) is 0 Å². The number of thioether (sulfide) groups is 1. The molecule has 0 bridgehead atoms. The number of fused-ring (bicyclic) bond motifs is 1. The van der Waals surface area contributed by atoms with Gasteiger partial charge in [0, 0.05) is 11.3 Å². The standard InChI is InChI=1S/C23H19N3O2S2/c1-28-19-6-4-5-17(13-19)14-24-26-22(27)18-11-9-16(10-12-18)15-29-23-25-20-7-2-3-8-21(20)30-23/h2-14H,15H2,1H3,(H,26,27). The van der Waals surface area contributed by atoms with Crippen LogP contribution in [0.3, 0.4) is 0 Å². The van der Waals surface area contributed by atoms with Crippen LogP contribution in [-0.4, -0.2) is 24.2 Å². The van der Waals surface area contributed by atoms with E-state index in [-0.39, 0.29) is 5.91 Å². The second-order valence-electron chi connectivity index (χ2n) is 6.41. The Labute approximate surface area is 182 Å². The Balaban J connectivity index is 1.32. The van der Waals surface area contributed by atoms with E-state index in [2.05, 4.69) is 21.6 Å². The number of benzene rings is 3. The van der Waals surface area contributed by atoms with Gasteiger partial charge in [-0.25, -0.2) is 10.4 Å². The maximum absolute atomic E-state index is 12.3. The van der Waals surface area contributed by atoms with Gasteiger partial charge in [0.15, 0.2) is 4.34 Å².